The second-order valence-electron chi connectivity index (χ2n) is 7.40. The molecular weight excluding hydrogens is 408 g/mol. The Morgan fingerprint density at radius 1 is 1.00 bits per heavy atom. The van der Waals surface area contributed by atoms with E-state index >= 15 is 0 Å². The summed E-state index contributed by atoms with van der Waals surface area (Å²) in [6, 6.07) is 26.4. The van der Waals surface area contributed by atoms with E-state index in [-0.39, 0.29) is 5.78 Å². The van der Waals surface area contributed by atoms with E-state index in [0.717, 1.165) is 22.0 Å². The van der Waals surface area contributed by atoms with Gasteiger partial charge in [0, 0.05) is 33.2 Å². The van der Waals surface area contributed by atoms with E-state index in [2.05, 4.69) is 11.1 Å². The molecule has 1 N–H and O–H groups in total. The first-order valence-electron chi connectivity index (χ1n) is 9.89. The van der Waals surface area contributed by atoms with Crippen LogP contribution in [0.5, 0.6) is 0 Å². The molecule has 31 heavy (non-hydrogen) atoms. The van der Waals surface area contributed by atoms with E-state index in [4.69, 9.17) is 16.3 Å². The maximum atomic E-state index is 13.5. The lowest BCUT2D eigenvalue weighted by Crippen LogP contribution is -2.27. The van der Waals surface area contributed by atoms with Crippen LogP contribution in [0.3, 0.4) is 0 Å². The highest BCUT2D eigenvalue weighted by molar-refractivity contribution is 6.30. The molecule has 1 aromatic heterocycles. The molecule has 0 saturated carbocycles. The van der Waals surface area contributed by atoms with Crippen LogP contribution in [0.4, 0.5) is 0 Å². The van der Waals surface area contributed by atoms with Gasteiger partial charge in [-0.15, -0.1) is 0 Å². The number of halogens is 1. The first-order chi connectivity index (χ1) is 15.2. The summed E-state index contributed by atoms with van der Waals surface area (Å²) >= 11 is 6.24. The average molecular weight is 425 g/mol. The number of benzene rings is 3. The predicted molar refractivity (Wildman–Crippen MR) is 121 cm³/mol. The lowest BCUT2D eigenvalue weighted by atomic mass is 9.84. The van der Waals surface area contributed by atoms with E-state index in [1.54, 1.807) is 24.3 Å². The largest absolute Gasteiger partial charge is 0.479 e. The summed E-state index contributed by atoms with van der Waals surface area (Å²) in [6.45, 7) is 0. The molecule has 0 unspecified atom stereocenters. The molecule has 0 amide bonds. The first-order valence-corrected chi connectivity index (χ1v) is 10.3. The summed E-state index contributed by atoms with van der Waals surface area (Å²) in [5.41, 5.74) is 3.43. The molecule has 0 spiro atoms. The minimum absolute atomic E-state index is 0.173. The lowest BCUT2D eigenvalue weighted by molar-refractivity contribution is 0.0754. The molecule has 2 atom stereocenters. The van der Waals surface area contributed by atoms with Crippen molar-refractivity contribution in [2.24, 2.45) is 0 Å². The van der Waals surface area contributed by atoms with E-state index < -0.39 is 12.0 Å². The summed E-state index contributed by atoms with van der Waals surface area (Å²) in [5.74, 6) is -0.299. The molecule has 2 heterocycles. The molecule has 0 radical (unpaired) electrons. The molecule has 1 aliphatic rings. The van der Waals surface area contributed by atoms with Crippen molar-refractivity contribution in [3.63, 3.8) is 0 Å². The quantitative estimate of drug-likeness (QED) is 0.401. The normalized spacial score (nSPS) is 18.1. The number of carbonyl (C=O) groups excluding carboxylic acids is 1. The first kappa shape index (κ1) is 19.2. The third-order valence-electron chi connectivity index (χ3n) is 5.58. The molecule has 0 aliphatic carbocycles. The lowest BCUT2D eigenvalue weighted by Gasteiger charge is -2.19. The fourth-order valence-corrected chi connectivity index (χ4v) is 4.35. The van der Waals surface area contributed by atoms with Crippen molar-refractivity contribution in [3.8, 4) is 6.07 Å². The van der Waals surface area contributed by atoms with Crippen molar-refractivity contribution in [3.05, 3.63) is 112 Å². The SMILES string of the molecule is N#CC1=C(c2c[nH]c3ccccc23)O[C@H](C(=O)c2ccccc2)[C@H]1c1cccc(Cl)c1. The van der Waals surface area contributed by atoms with E-state index in [0.29, 0.717) is 21.9 Å². The Kier molecular flexibility index (Phi) is 4.82. The number of H-pyrrole nitrogens is 1. The third kappa shape index (κ3) is 3.30. The topological polar surface area (TPSA) is 65.9 Å². The Hall–Kier alpha value is -3.81. The second kappa shape index (κ2) is 7.79. The number of hydrogen-bond donors (Lipinski definition) is 1. The number of rotatable bonds is 4. The number of carbonyl (C=O) groups is 1. The number of aromatic nitrogens is 1. The molecule has 3 aromatic carbocycles. The van der Waals surface area contributed by atoms with Gasteiger partial charge in [-0.05, 0) is 23.8 Å². The Bertz CT molecular complexity index is 1360. The molecule has 5 rings (SSSR count). The smallest absolute Gasteiger partial charge is 0.204 e. The van der Waals surface area contributed by atoms with Gasteiger partial charge >= 0.3 is 0 Å². The summed E-state index contributed by atoms with van der Waals surface area (Å²) in [7, 11) is 0. The van der Waals surface area contributed by atoms with Crippen LogP contribution in [0, 0.1) is 11.3 Å². The number of Topliss-reactive ketones (excluding diaryl/α,β-unsaturated/α-hetero) is 1. The molecule has 0 fully saturated rings. The molecular formula is C26H17ClN2O2. The van der Waals surface area contributed by atoms with Gasteiger partial charge in [-0.3, -0.25) is 4.79 Å². The highest BCUT2D eigenvalue weighted by atomic mass is 35.5. The van der Waals surface area contributed by atoms with Gasteiger partial charge < -0.3 is 9.72 Å². The maximum absolute atomic E-state index is 13.5. The van der Waals surface area contributed by atoms with Crippen LogP contribution < -0.4 is 0 Å². The van der Waals surface area contributed by atoms with Crippen LogP contribution >= 0.6 is 11.6 Å². The van der Waals surface area contributed by atoms with Crippen molar-refractivity contribution in [2.75, 3.05) is 0 Å². The zero-order valence-electron chi connectivity index (χ0n) is 16.4. The van der Waals surface area contributed by atoms with Crippen molar-refractivity contribution in [2.45, 2.75) is 12.0 Å². The molecule has 5 heteroatoms. The van der Waals surface area contributed by atoms with E-state index in [1.165, 1.54) is 0 Å². The standard InChI is InChI=1S/C26H17ClN2O2/c27-18-10-6-9-17(13-18)23-20(14-28)25(21-15-29-22-12-5-4-11-19(21)22)31-26(23)24(30)16-7-2-1-3-8-16/h1-13,15,23,26,29H/t23-,26-/m0/s1. The molecule has 150 valence electrons. The Balaban J connectivity index is 1.69. The minimum Gasteiger partial charge on any atom is -0.479 e. The van der Waals surface area contributed by atoms with Gasteiger partial charge in [-0.1, -0.05) is 72.3 Å². The summed E-state index contributed by atoms with van der Waals surface area (Å²) in [4.78, 5) is 16.7. The van der Waals surface area contributed by atoms with Crippen LogP contribution in [0.2, 0.25) is 5.02 Å². The predicted octanol–water partition coefficient (Wildman–Crippen LogP) is 6.12. The molecule has 1 aliphatic heterocycles. The van der Waals surface area contributed by atoms with Crippen LogP contribution in [0.25, 0.3) is 16.7 Å². The van der Waals surface area contributed by atoms with Gasteiger partial charge in [0.05, 0.1) is 17.6 Å². The van der Waals surface area contributed by atoms with Gasteiger partial charge in [0.15, 0.2) is 6.10 Å². The Morgan fingerprint density at radius 3 is 2.55 bits per heavy atom. The number of ketones is 1. The van der Waals surface area contributed by atoms with E-state index in [1.807, 2.05) is 60.8 Å². The highest BCUT2D eigenvalue weighted by Crippen LogP contribution is 2.45. The van der Waals surface area contributed by atoms with Gasteiger partial charge in [-0.25, -0.2) is 0 Å². The number of nitrogens with zero attached hydrogens (tertiary/aromatic N) is 1. The average Bonchev–Trinajstić information content (AvgIpc) is 3.40. The number of para-hydroxylation sites is 1. The Morgan fingerprint density at radius 2 is 1.77 bits per heavy atom. The number of ether oxygens (including phenoxy) is 1. The monoisotopic (exact) mass is 424 g/mol. The van der Waals surface area contributed by atoms with Crippen LogP contribution in [-0.2, 0) is 4.74 Å². The number of hydrogen-bond acceptors (Lipinski definition) is 3. The second-order valence-corrected chi connectivity index (χ2v) is 7.84. The van der Waals surface area contributed by atoms with Crippen molar-refractivity contribution in [1.29, 1.82) is 5.26 Å². The molecule has 4 nitrogen and oxygen atoms in total. The van der Waals surface area contributed by atoms with Gasteiger partial charge in [0.1, 0.15) is 5.76 Å². The third-order valence-corrected chi connectivity index (χ3v) is 5.82. The molecule has 0 saturated heterocycles. The highest BCUT2D eigenvalue weighted by Gasteiger charge is 2.43. The summed E-state index contributed by atoms with van der Waals surface area (Å²) in [6.07, 6.45) is 0.959. The maximum Gasteiger partial charge on any atom is 0.204 e. The number of aromatic amines is 1. The fraction of sp³-hybridized carbons (Fsp3) is 0.0769. The van der Waals surface area contributed by atoms with Gasteiger partial charge in [0.25, 0.3) is 0 Å². The molecule has 0 bridgehead atoms. The summed E-state index contributed by atoms with van der Waals surface area (Å²) < 4.78 is 6.29. The molecule has 4 aromatic rings. The van der Waals surface area contributed by atoms with Crippen LogP contribution in [0.1, 0.15) is 27.4 Å². The van der Waals surface area contributed by atoms with Crippen LogP contribution in [0.15, 0.2) is 90.6 Å². The number of nitriles is 1. The van der Waals surface area contributed by atoms with Crippen LogP contribution in [-0.4, -0.2) is 16.9 Å². The fourth-order valence-electron chi connectivity index (χ4n) is 4.15. The van der Waals surface area contributed by atoms with E-state index in [9.17, 15) is 10.1 Å². The zero-order chi connectivity index (χ0) is 21.4. The van der Waals surface area contributed by atoms with Crippen molar-refractivity contribution in [1.82, 2.24) is 4.98 Å². The number of nitrogens with one attached hydrogen (secondary N) is 1. The summed E-state index contributed by atoms with van der Waals surface area (Å²) in [5, 5.41) is 11.6. The zero-order valence-corrected chi connectivity index (χ0v) is 17.1. The Labute approximate surface area is 184 Å². The van der Waals surface area contributed by atoms with Gasteiger partial charge in [0.2, 0.25) is 5.78 Å². The number of fused-ring (bicyclic) bond motifs is 1. The van der Waals surface area contributed by atoms with Gasteiger partial charge in [-0.2, -0.15) is 5.26 Å². The minimum atomic E-state index is -0.862. The van der Waals surface area contributed by atoms with Crippen molar-refractivity contribution < 1.29 is 9.53 Å². The van der Waals surface area contributed by atoms with Crippen molar-refractivity contribution >= 4 is 34.0 Å².